The number of hydrogen-bond donors (Lipinski definition) is 2. The molecule has 1 saturated carbocycles. The monoisotopic (exact) mass is 284 g/mol. The molecular formula is C15H24O5. The van der Waals surface area contributed by atoms with Crippen LogP contribution in [0, 0.1) is 16.2 Å². The van der Waals surface area contributed by atoms with E-state index in [9.17, 15) is 10.2 Å². The van der Waals surface area contributed by atoms with Crippen molar-refractivity contribution in [2.24, 2.45) is 16.2 Å². The summed E-state index contributed by atoms with van der Waals surface area (Å²) in [5.74, 6) is 0. The van der Waals surface area contributed by atoms with Gasteiger partial charge in [-0.1, -0.05) is 20.8 Å². The van der Waals surface area contributed by atoms with E-state index < -0.39 is 23.4 Å². The van der Waals surface area contributed by atoms with Crippen molar-refractivity contribution in [1.82, 2.24) is 0 Å². The van der Waals surface area contributed by atoms with Crippen molar-refractivity contribution in [2.75, 3.05) is 19.8 Å². The van der Waals surface area contributed by atoms with Crippen LogP contribution in [0.4, 0.5) is 0 Å². The number of hydrogen-bond acceptors (Lipinski definition) is 5. The Hall–Kier alpha value is -0.200. The summed E-state index contributed by atoms with van der Waals surface area (Å²) >= 11 is 0. The van der Waals surface area contributed by atoms with Crippen molar-refractivity contribution < 1.29 is 24.4 Å². The molecule has 3 aliphatic heterocycles. The fraction of sp³-hybridized carbons (Fsp3) is 1.00. The van der Waals surface area contributed by atoms with E-state index in [1.807, 2.05) is 20.8 Å². The molecule has 0 radical (unpaired) electrons. The predicted molar refractivity (Wildman–Crippen MR) is 69.9 cm³/mol. The molecule has 4 fully saturated rings. The lowest BCUT2D eigenvalue weighted by Crippen LogP contribution is -2.64. The van der Waals surface area contributed by atoms with Gasteiger partial charge in [0.25, 0.3) is 0 Å². The van der Waals surface area contributed by atoms with Crippen molar-refractivity contribution in [1.29, 1.82) is 0 Å². The Bertz CT molecular complexity index is 446. The van der Waals surface area contributed by atoms with Crippen LogP contribution in [-0.2, 0) is 14.2 Å². The van der Waals surface area contributed by atoms with Crippen molar-refractivity contribution in [2.45, 2.75) is 57.7 Å². The van der Waals surface area contributed by atoms with Gasteiger partial charge in [-0.05, 0) is 11.8 Å². The molecule has 0 aromatic heterocycles. The largest absolute Gasteiger partial charge is 0.390 e. The van der Waals surface area contributed by atoms with Gasteiger partial charge in [-0.2, -0.15) is 0 Å². The van der Waals surface area contributed by atoms with E-state index in [-0.39, 0.29) is 23.5 Å². The summed E-state index contributed by atoms with van der Waals surface area (Å²) in [7, 11) is 0. The Morgan fingerprint density at radius 1 is 1.15 bits per heavy atom. The van der Waals surface area contributed by atoms with Gasteiger partial charge >= 0.3 is 0 Å². The molecule has 20 heavy (non-hydrogen) atoms. The Morgan fingerprint density at radius 3 is 2.60 bits per heavy atom. The molecule has 0 bridgehead atoms. The Balaban J connectivity index is 1.96. The molecule has 0 amide bonds. The topological polar surface area (TPSA) is 68.2 Å². The number of aliphatic hydroxyl groups excluding tert-OH is 1. The van der Waals surface area contributed by atoms with Gasteiger partial charge in [0, 0.05) is 18.4 Å². The molecule has 5 heteroatoms. The normalized spacial score (nSPS) is 57.8. The summed E-state index contributed by atoms with van der Waals surface area (Å²) in [5.41, 5.74) is -2.51. The van der Waals surface area contributed by atoms with Gasteiger partial charge in [0.05, 0.1) is 36.4 Å². The SMILES string of the molecule is CC(C)(C)[C@]1(O)C[C@@H]2OCC[C@]23CO[C@@H]2OC[C@H](O)[C@@]231. The van der Waals surface area contributed by atoms with Crippen LogP contribution in [0.1, 0.15) is 33.6 Å². The number of ether oxygens (including phenoxy) is 3. The second kappa shape index (κ2) is 3.58. The molecule has 5 nitrogen and oxygen atoms in total. The van der Waals surface area contributed by atoms with Crippen LogP contribution in [0.5, 0.6) is 0 Å². The predicted octanol–water partition coefficient (Wildman–Crippen LogP) is 0.676. The Kier molecular flexibility index (Phi) is 2.41. The van der Waals surface area contributed by atoms with Crippen molar-refractivity contribution in [3.05, 3.63) is 0 Å². The van der Waals surface area contributed by atoms with E-state index in [0.29, 0.717) is 19.6 Å². The van der Waals surface area contributed by atoms with Crippen LogP contribution < -0.4 is 0 Å². The summed E-state index contributed by atoms with van der Waals surface area (Å²) in [5, 5.41) is 22.4. The van der Waals surface area contributed by atoms with Crippen LogP contribution >= 0.6 is 0 Å². The van der Waals surface area contributed by atoms with Gasteiger partial charge in [-0.25, -0.2) is 0 Å². The molecule has 6 atom stereocenters. The average molecular weight is 284 g/mol. The molecule has 4 rings (SSSR count). The average Bonchev–Trinajstić information content (AvgIpc) is 3.00. The van der Waals surface area contributed by atoms with E-state index >= 15 is 0 Å². The maximum Gasteiger partial charge on any atom is 0.169 e. The molecule has 3 saturated heterocycles. The highest BCUT2D eigenvalue weighted by Crippen LogP contribution is 2.74. The highest BCUT2D eigenvalue weighted by atomic mass is 16.7. The summed E-state index contributed by atoms with van der Waals surface area (Å²) in [4.78, 5) is 0. The first-order chi connectivity index (χ1) is 9.30. The third kappa shape index (κ3) is 1.09. The first-order valence-electron chi connectivity index (χ1n) is 7.55. The maximum absolute atomic E-state index is 11.6. The lowest BCUT2D eigenvalue weighted by Gasteiger charge is -2.52. The van der Waals surface area contributed by atoms with Gasteiger partial charge in [0.1, 0.15) is 0 Å². The third-order valence-electron chi connectivity index (χ3n) is 6.51. The summed E-state index contributed by atoms with van der Waals surface area (Å²) in [6.07, 6.45) is 0.108. The number of rotatable bonds is 0. The van der Waals surface area contributed by atoms with Gasteiger partial charge in [0.2, 0.25) is 0 Å². The zero-order valence-electron chi connectivity index (χ0n) is 12.4. The van der Waals surface area contributed by atoms with E-state index in [4.69, 9.17) is 14.2 Å². The maximum atomic E-state index is 11.6. The minimum Gasteiger partial charge on any atom is -0.390 e. The highest BCUT2D eigenvalue weighted by Gasteiger charge is 2.85. The second-order valence-electron chi connectivity index (χ2n) is 7.94. The van der Waals surface area contributed by atoms with E-state index in [0.717, 1.165) is 6.42 Å². The molecule has 1 aliphatic carbocycles. The van der Waals surface area contributed by atoms with E-state index in [1.165, 1.54) is 0 Å². The quantitative estimate of drug-likeness (QED) is 0.684. The first-order valence-corrected chi connectivity index (χ1v) is 7.55. The van der Waals surface area contributed by atoms with Crippen LogP contribution in [0.3, 0.4) is 0 Å². The molecule has 0 aromatic rings. The molecule has 2 spiro atoms. The van der Waals surface area contributed by atoms with Crippen LogP contribution in [-0.4, -0.2) is 54.1 Å². The van der Waals surface area contributed by atoms with Crippen LogP contribution in [0.25, 0.3) is 0 Å². The summed E-state index contributed by atoms with van der Waals surface area (Å²) in [6.45, 7) is 7.50. The smallest absolute Gasteiger partial charge is 0.169 e. The van der Waals surface area contributed by atoms with Crippen LogP contribution in [0.2, 0.25) is 0 Å². The molecule has 3 heterocycles. The Labute approximate surface area is 119 Å². The zero-order chi connectivity index (χ0) is 14.4. The van der Waals surface area contributed by atoms with Crippen molar-refractivity contribution >= 4 is 0 Å². The number of aliphatic hydroxyl groups is 2. The van der Waals surface area contributed by atoms with Crippen molar-refractivity contribution in [3.63, 3.8) is 0 Å². The molecule has 0 unspecified atom stereocenters. The lowest BCUT2D eigenvalue weighted by atomic mass is 9.53. The molecular weight excluding hydrogens is 260 g/mol. The Morgan fingerprint density at radius 2 is 1.90 bits per heavy atom. The zero-order valence-corrected chi connectivity index (χ0v) is 12.4. The fourth-order valence-electron chi connectivity index (χ4n) is 5.53. The van der Waals surface area contributed by atoms with Gasteiger partial charge in [0.15, 0.2) is 6.29 Å². The van der Waals surface area contributed by atoms with E-state index in [2.05, 4.69) is 0 Å². The fourth-order valence-corrected chi connectivity index (χ4v) is 5.53. The standard InChI is InChI=1S/C15H24O5/c1-12(2,3)14(17)6-10-13(4-5-18-10)8-20-11-15(13,14)9(16)7-19-11/h9-11,16-17H,4-8H2,1-3H3/t9-,10-,11-,13-,14+,15+/m0/s1. The molecule has 4 aliphatic rings. The first kappa shape index (κ1) is 13.5. The summed E-state index contributed by atoms with van der Waals surface area (Å²) in [6, 6.07) is 0. The van der Waals surface area contributed by atoms with Gasteiger partial charge in [-0.3, -0.25) is 0 Å². The van der Waals surface area contributed by atoms with Crippen molar-refractivity contribution in [3.8, 4) is 0 Å². The third-order valence-corrected chi connectivity index (χ3v) is 6.51. The highest BCUT2D eigenvalue weighted by molar-refractivity contribution is 5.30. The minimum atomic E-state index is -1.05. The van der Waals surface area contributed by atoms with Crippen LogP contribution in [0.15, 0.2) is 0 Å². The molecule has 114 valence electrons. The summed E-state index contributed by atoms with van der Waals surface area (Å²) < 4.78 is 17.5. The lowest BCUT2D eigenvalue weighted by molar-refractivity contribution is -0.224. The van der Waals surface area contributed by atoms with Gasteiger partial charge in [-0.15, -0.1) is 0 Å². The molecule has 0 aromatic carbocycles. The van der Waals surface area contributed by atoms with Gasteiger partial charge < -0.3 is 24.4 Å². The van der Waals surface area contributed by atoms with E-state index in [1.54, 1.807) is 0 Å². The minimum absolute atomic E-state index is 0.0481. The molecule has 2 N–H and O–H groups in total. The second-order valence-corrected chi connectivity index (χ2v) is 7.94.